The Morgan fingerprint density at radius 2 is 1.55 bits per heavy atom. The highest BCUT2D eigenvalue weighted by molar-refractivity contribution is 5.82. The molecule has 2 aromatic heterocycles. The zero-order valence-corrected chi connectivity index (χ0v) is 16.9. The fraction of sp³-hybridized carbons (Fsp3) is 0.238. The van der Waals surface area contributed by atoms with Crippen LogP contribution in [0.3, 0.4) is 0 Å². The van der Waals surface area contributed by atoms with Gasteiger partial charge in [-0.25, -0.2) is 9.78 Å². The molecule has 29 heavy (non-hydrogen) atoms. The molecule has 0 unspecified atom stereocenters. The molecule has 0 bridgehead atoms. The first kappa shape index (κ1) is 18.7. The molecule has 0 saturated carbocycles. The molecule has 0 saturated heterocycles. The minimum atomic E-state index is -0.105. The second kappa shape index (κ2) is 6.73. The smallest absolute Gasteiger partial charge is 0.328 e. The summed E-state index contributed by atoms with van der Waals surface area (Å²) in [7, 11) is 6.61. The standard InChI is InChI=1S/C21H22N4O4/c1-12-19(13-7-9-17(28-4)18(11-13)29-5)22-20(25(12)27)14-6-8-15-16(10-14)24(3)21(26)23(15)2/h6-11,27H,1-5H3. The number of aryl methyl sites for hydroxylation is 2. The lowest BCUT2D eigenvalue weighted by molar-refractivity contribution is 0.185. The fourth-order valence-corrected chi connectivity index (χ4v) is 3.58. The quantitative estimate of drug-likeness (QED) is 0.538. The maximum atomic E-state index is 12.2. The third-order valence-electron chi connectivity index (χ3n) is 5.27. The first-order chi connectivity index (χ1) is 13.9. The van der Waals surface area contributed by atoms with Gasteiger partial charge >= 0.3 is 5.69 Å². The molecule has 2 aromatic carbocycles. The molecular weight excluding hydrogens is 372 g/mol. The molecule has 0 aliphatic rings. The summed E-state index contributed by atoms with van der Waals surface area (Å²) in [6.45, 7) is 1.79. The van der Waals surface area contributed by atoms with Crippen LogP contribution in [0.15, 0.2) is 41.2 Å². The van der Waals surface area contributed by atoms with E-state index in [-0.39, 0.29) is 5.69 Å². The average Bonchev–Trinajstić information content (AvgIpc) is 3.16. The predicted molar refractivity (Wildman–Crippen MR) is 110 cm³/mol. The van der Waals surface area contributed by atoms with E-state index >= 15 is 0 Å². The molecule has 4 aromatic rings. The second-order valence-corrected chi connectivity index (χ2v) is 6.86. The van der Waals surface area contributed by atoms with Crippen molar-refractivity contribution in [3.63, 3.8) is 0 Å². The fourth-order valence-electron chi connectivity index (χ4n) is 3.58. The van der Waals surface area contributed by atoms with E-state index < -0.39 is 0 Å². The molecule has 0 aliphatic carbocycles. The maximum absolute atomic E-state index is 12.2. The highest BCUT2D eigenvalue weighted by atomic mass is 16.5. The highest BCUT2D eigenvalue weighted by Crippen LogP contribution is 2.35. The third kappa shape index (κ3) is 2.75. The van der Waals surface area contributed by atoms with E-state index in [4.69, 9.17) is 9.47 Å². The van der Waals surface area contributed by atoms with Crippen LogP contribution in [0.1, 0.15) is 5.69 Å². The van der Waals surface area contributed by atoms with E-state index in [1.54, 1.807) is 50.4 Å². The number of benzene rings is 2. The summed E-state index contributed by atoms with van der Waals surface area (Å²) >= 11 is 0. The van der Waals surface area contributed by atoms with Crippen LogP contribution < -0.4 is 15.2 Å². The van der Waals surface area contributed by atoms with Crippen LogP contribution in [0.2, 0.25) is 0 Å². The highest BCUT2D eigenvalue weighted by Gasteiger charge is 2.19. The molecule has 8 heteroatoms. The van der Waals surface area contributed by atoms with Gasteiger partial charge in [0.2, 0.25) is 0 Å². The Kier molecular flexibility index (Phi) is 4.34. The minimum absolute atomic E-state index is 0.105. The van der Waals surface area contributed by atoms with Crippen LogP contribution in [0.4, 0.5) is 0 Å². The van der Waals surface area contributed by atoms with Gasteiger partial charge < -0.3 is 14.7 Å². The lowest BCUT2D eigenvalue weighted by Gasteiger charge is -2.08. The molecule has 8 nitrogen and oxygen atoms in total. The molecule has 0 fully saturated rings. The third-order valence-corrected chi connectivity index (χ3v) is 5.27. The van der Waals surface area contributed by atoms with Crippen LogP contribution in [-0.2, 0) is 14.1 Å². The van der Waals surface area contributed by atoms with Crippen molar-refractivity contribution in [2.75, 3.05) is 14.2 Å². The van der Waals surface area contributed by atoms with Crippen LogP contribution >= 0.6 is 0 Å². The molecule has 2 heterocycles. The number of aromatic nitrogens is 4. The summed E-state index contributed by atoms with van der Waals surface area (Å²) in [4.78, 5) is 16.9. The normalized spacial score (nSPS) is 11.2. The van der Waals surface area contributed by atoms with Gasteiger partial charge in [0.25, 0.3) is 0 Å². The second-order valence-electron chi connectivity index (χ2n) is 6.86. The summed E-state index contributed by atoms with van der Waals surface area (Å²) in [6, 6.07) is 11.0. The van der Waals surface area contributed by atoms with Crippen molar-refractivity contribution in [2.45, 2.75) is 6.92 Å². The average molecular weight is 394 g/mol. The zero-order valence-electron chi connectivity index (χ0n) is 16.9. The van der Waals surface area contributed by atoms with Crippen LogP contribution in [0.5, 0.6) is 11.5 Å². The van der Waals surface area contributed by atoms with Crippen molar-refractivity contribution in [2.24, 2.45) is 14.1 Å². The lowest BCUT2D eigenvalue weighted by atomic mass is 10.1. The van der Waals surface area contributed by atoms with E-state index in [0.29, 0.717) is 34.3 Å². The van der Waals surface area contributed by atoms with Gasteiger partial charge in [0.05, 0.1) is 36.6 Å². The molecule has 1 N–H and O–H groups in total. The molecular formula is C21H22N4O4. The van der Waals surface area contributed by atoms with Crippen molar-refractivity contribution in [1.82, 2.24) is 18.8 Å². The Hall–Kier alpha value is -3.68. The van der Waals surface area contributed by atoms with E-state index in [1.165, 1.54) is 0 Å². The molecule has 0 amide bonds. The predicted octanol–water partition coefficient (Wildman–Crippen LogP) is 2.97. The van der Waals surface area contributed by atoms with E-state index in [9.17, 15) is 10.0 Å². The largest absolute Gasteiger partial charge is 0.493 e. The number of nitrogens with zero attached hydrogens (tertiary/aromatic N) is 4. The van der Waals surface area contributed by atoms with Crippen molar-refractivity contribution in [3.8, 4) is 34.1 Å². The molecule has 0 spiro atoms. The number of methoxy groups -OCH3 is 2. The monoisotopic (exact) mass is 394 g/mol. The maximum Gasteiger partial charge on any atom is 0.328 e. The van der Waals surface area contributed by atoms with Gasteiger partial charge in [-0.3, -0.25) is 9.13 Å². The van der Waals surface area contributed by atoms with Gasteiger partial charge in [-0.1, -0.05) is 0 Å². The van der Waals surface area contributed by atoms with E-state index in [2.05, 4.69) is 4.98 Å². The summed E-state index contributed by atoms with van der Waals surface area (Å²) in [5, 5.41) is 10.7. The molecule has 0 aliphatic heterocycles. The Morgan fingerprint density at radius 3 is 2.24 bits per heavy atom. The Morgan fingerprint density at radius 1 is 0.897 bits per heavy atom. The van der Waals surface area contributed by atoms with E-state index in [0.717, 1.165) is 21.3 Å². The number of imidazole rings is 2. The van der Waals surface area contributed by atoms with Crippen molar-refractivity contribution in [3.05, 3.63) is 52.6 Å². The number of hydrogen-bond donors (Lipinski definition) is 1. The van der Waals surface area contributed by atoms with Crippen LogP contribution in [0, 0.1) is 6.92 Å². The van der Waals surface area contributed by atoms with Crippen molar-refractivity contribution >= 4 is 11.0 Å². The summed E-state index contributed by atoms with van der Waals surface area (Å²) < 4.78 is 14.9. The van der Waals surface area contributed by atoms with Crippen molar-refractivity contribution < 1.29 is 14.7 Å². The zero-order chi connectivity index (χ0) is 20.9. The molecule has 0 atom stereocenters. The van der Waals surface area contributed by atoms with Gasteiger partial charge in [-0.05, 0) is 43.3 Å². The summed E-state index contributed by atoms with van der Waals surface area (Å²) in [5.41, 5.74) is 4.20. The van der Waals surface area contributed by atoms with Gasteiger partial charge in [0.15, 0.2) is 17.3 Å². The number of ether oxygens (including phenoxy) is 2. The summed E-state index contributed by atoms with van der Waals surface area (Å²) in [6.07, 6.45) is 0. The Balaban J connectivity index is 1.87. The molecule has 150 valence electrons. The molecule has 0 radical (unpaired) electrons. The van der Waals surface area contributed by atoms with Gasteiger partial charge in [-0.15, -0.1) is 0 Å². The minimum Gasteiger partial charge on any atom is -0.493 e. The Labute approximate surface area is 167 Å². The van der Waals surface area contributed by atoms with Gasteiger partial charge in [0.1, 0.15) is 0 Å². The van der Waals surface area contributed by atoms with E-state index in [1.807, 2.05) is 30.3 Å². The van der Waals surface area contributed by atoms with Crippen LogP contribution in [0.25, 0.3) is 33.7 Å². The molecule has 4 rings (SSSR count). The van der Waals surface area contributed by atoms with Gasteiger partial charge in [-0.2, -0.15) is 4.73 Å². The first-order valence-electron chi connectivity index (χ1n) is 9.04. The van der Waals surface area contributed by atoms with Gasteiger partial charge in [0, 0.05) is 25.2 Å². The lowest BCUT2D eigenvalue weighted by Crippen LogP contribution is -2.19. The van der Waals surface area contributed by atoms with Crippen LogP contribution in [-0.4, -0.2) is 38.3 Å². The van der Waals surface area contributed by atoms with Crippen molar-refractivity contribution in [1.29, 1.82) is 0 Å². The number of fused-ring (bicyclic) bond motifs is 1. The number of hydrogen-bond acceptors (Lipinski definition) is 5. The SMILES string of the molecule is COc1ccc(-c2nc(-c3ccc4c(c3)n(C)c(=O)n4C)n(O)c2C)cc1OC. The topological polar surface area (TPSA) is 83.4 Å². The number of rotatable bonds is 4. The first-order valence-corrected chi connectivity index (χ1v) is 9.04. The Bertz CT molecular complexity index is 1300. The summed E-state index contributed by atoms with van der Waals surface area (Å²) in [5.74, 6) is 1.60.